The number of nitrogens with two attached hydrogens (primary N) is 1. The number of nitrogens with one attached hydrogen (secondary N) is 1. The topological polar surface area (TPSA) is 55.1 Å². The van der Waals surface area contributed by atoms with Crippen molar-refractivity contribution in [3.8, 4) is 0 Å². The van der Waals surface area contributed by atoms with E-state index < -0.39 is 0 Å². The van der Waals surface area contributed by atoms with E-state index in [9.17, 15) is 4.79 Å². The second kappa shape index (κ2) is 7.28. The molecule has 0 heterocycles. The molecule has 2 fully saturated rings. The molecular formula is C16H30N2O. The monoisotopic (exact) mass is 266 g/mol. The molecule has 2 aliphatic rings. The van der Waals surface area contributed by atoms with Crippen LogP contribution in [-0.2, 0) is 4.79 Å². The second-order valence-corrected chi connectivity index (χ2v) is 6.85. The highest BCUT2D eigenvalue weighted by atomic mass is 16.1. The minimum Gasteiger partial charge on any atom is -0.356 e. The molecular weight excluding hydrogens is 236 g/mol. The summed E-state index contributed by atoms with van der Waals surface area (Å²) in [5, 5.41) is 3.15. The summed E-state index contributed by atoms with van der Waals surface area (Å²) in [5.74, 6) is 2.18. The second-order valence-electron chi connectivity index (χ2n) is 6.85. The number of rotatable bonds is 4. The van der Waals surface area contributed by atoms with Crippen molar-refractivity contribution >= 4 is 5.91 Å². The van der Waals surface area contributed by atoms with Crippen molar-refractivity contribution in [2.75, 3.05) is 6.54 Å². The highest BCUT2D eigenvalue weighted by molar-refractivity contribution is 5.76. The van der Waals surface area contributed by atoms with E-state index in [4.69, 9.17) is 5.73 Å². The third-order valence-electron chi connectivity index (χ3n) is 5.05. The molecule has 0 aliphatic heterocycles. The van der Waals surface area contributed by atoms with E-state index in [1.54, 1.807) is 0 Å². The van der Waals surface area contributed by atoms with Crippen LogP contribution in [0.2, 0.25) is 0 Å². The van der Waals surface area contributed by atoms with Crippen molar-refractivity contribution in [3.63, 3.8) is 0 Å². The zero-order valence-corrected chi connectivity index (χ0v) is 12.4. The molecule has 0 aromatic heterocycles. The molecule has 0 aromatic carbocycles. The quantitative estimate of drug-likeness (QED) is 0.822. The van der Waals surface area contributed by atoms with Gasteiger partial charge in [0.2, 0.25) is 5.91 Å². The van der Waals surface area contributed by atoms with Crippen molar-refractivity contribution in [2.45, 2.75) is 70.8 Å². The van der Waals surface area contributed by atoms with Crippen molar-refractivity contribution in [1.29, 1.82) is 0 Å². The Hall–Kier alpha value is -0.570. The largest absolute Gasteiger partial charge is 0.356 e. The SMILES string of the molecule is CC1CCCC(CNC(=O)CC2CCCCC2N)C1. The molecule has 3 nitrogen and oxygen atoms in total. The van der Waals surface area contributed by atoms with Gasteiger partial charge in [-0.25, -0.2) is 0 Å². The average Bonchev–Trinajstić information content (AvgIpc) is 2.39. The number of amides is 1. The van der Waals surface area contributed by atoms with Crippen molar-refractivity contribution < 1.29 is 4.79 Å². The molecule has 3 heteroatoms. The first-order valence-electron chi connectivity index (χ1n) is 8.17. The highest BCUT2D eigenvalue weighted by Crippen LogP contribution is 2.28. The summed E-state index contributed by atoms with van der Waals surface area (Å²) in [7, 11) is 0. The van der Waals surface area contributed by atoms with Crippen LogP contribution in [0.3, 0.4) is 0 Å². The van der Waals surface area contributed by atoms with E-state index in [1.165, 1.54) is 38.5 Å². The normalized spacial score (nSPS) is 35.9. The van der Waals surface area contributed by atoms with Gasteiger partial charge < -0.3 is 11.1 Å². The predicted octanol–water partition coefficient (Wildman–Crippen LogP) is 2.84. The van der Waals surface area contributed by atoms with Gasteiger partial charge in [-0.1, -0.05) is 32.6 Å². The van der Waals surface area contributed by atoms with Crippen LogP contribution in [0.25, 0.3) is 0 Å². The molecule has 2 aliphatic carbocycles. The molecule has 0 bridgehead atoms. The summed E-state index contributed by atoms with van der Waals surface area (Å²) in [6.45, 7) is 3.21. The minimum atomic E-state index is 0.223. The van der Waals surface area contributed by atoms with Crippen molar-refractivity contribution in [3.05, 3.63) is 0 Å². The first-order valence-corrected chi connectivity index (χ1v) is 8.17. The molecule has 19 heavy (non-hydrogen) atoms. The number of hydrogen-bond acceptors (Lipinski definition) is 2. The van der Waals surface area contributed by atoms with E-state index in [0.29, 0.717) is 18.3 Å². The third-order valence-corrected chi connectivity index (χ3v) is 5.05. The molecule has 0 spiro atoms. The van der Waals surface area contributed by atoms with Gasteiger partial charge in [0.1, 0.15) is 0 Å². The number of carbonyl (C=O) groups is 1. The Bertz CT molecular complexity index is 292. The highest BCUT2D eigenvalue weighted by Gasteiger charge is 2.25. The van der Waals surface area contributed by atoms with Crippen LogP contribution in [0.15, 0.2) is 0 Å². The van der Waals surface area contributed by atoms with E-state index in [-0.39, 0.29) is 11.9 Å². The smallest absolute Gasteiger partial charge is 0.220 e. The molecule has 2 saturated carbocycles. The summed E-state index contributed by atoms with van der Waals surface area (Å²) in [5.41, 5.74) is 6.10. The predicted molar refractivity (Wildman–Crippen MR) is 78.7 cm³/mol. The fourth-order valence-electron chi connectivity index (χ4n) is 3.80. The van der Waals surface area contributed by atoms with Crippen LogP contribution in [0.5, 0.6) is 0 Å². The summed E-state index contributed by atoms with van der Waals surface area (Å²) < 4.78 is 0. The van der Waals surface area contributed by atoms with Gasteiger partial charge in [0.05, 0.1) is 0 Å². The molecule has 4 atom stereocenters. The Morgan fingerprint density at radius 1 is 1.16 bits per heavy atom. The van der Waals surface area contributed by atoms with Gasteiger partial charge in [0.25, 0.3) is 0 Å². The maximum Gasteiger partial charge on any atom is 0.220 e. The Morgan fingerprint density at radius 3 is 2.68 bits per heavy atom. The van der Waals surface area contributed by atoms with Gasteiger partial charge in [-0.15, -0.1) is 0 Å². The molecule has 2 rings (SSSR count). The molecule has 0 radical (unpaired) electrons. The third kappa shape index (κ3) is 4.79. The zero-order valence-electron chi connectivity index (χ0n) is 12.4. The van der Waals surface area contributed by atoms with Crippen molar-refractivity contribution in [1.82, 2.24) is 5.32 Å². The number of carbonyl (C=O) groups excluding carboxylic acids is 1. The van der Waals surface area contributed by atoms with Crippen LogP contribution in [0.4, 0.5) is 0 Å². The zero-order chi connectivity index (χ0) is 13.7. The lowest BCUT2D eigenvalue weighted by atomic mass is 9.82. The fourth-order valence-corrected chi connectivity index (χ4v) is 3.80. The van der Waals surface area contributed by atoms with E-state index in [0.717, 1.165) is 25.3 Å². The first kappa shape index (κ1) is 14.8. The molecule has 0 saturated heterocycles. The lowest BCUT2D eigenvalue weighted by Gasteiger charge is -2.29. The maximum absolute atomic E-state index is 12.0. The van der Waals surface area contributed by atoms with Crippen molar-refractivity contribution in [2.24, 2.45) is 23.5 Å². The van der Waals surface area contributed by atoms with Crippen LogP contribution in [0, 0.1) is 17.8 Å². The standard InChI is InChI=1S/C16H30N2O/c1-12-5-4-6-13(9-12)11-18-16(19)10-14-7-2-3-8-15(14)17/h12-15H,2-11,17H2,1H3,(H,18,19). The molecule has 0 aromatic rings. The van der Waals surface area contributed by atoms with Crippen LogP contribution in [-0.4, -0.2) is 18.5 Å². The van der Waals surface area contributed by atoms with E-state index in [1.807, 2.05) is 0 Å². The molecule has 4 unspecified atom stereocenters. The van der Waals surface area contributed by atoms with Crippen LogP contribution in [0.1, 0.15) is 64.7 Å². The van der Waals surface area contributed by atoms with Gasteiger partial charge in [0.15, 0.2) is 0 Å². The Morgan fingerprint density at radius 2 is 1.95 bits per heavy atom. The van der Waals surface area contributed by atoms with Crippen LogP contribution < -0.4 is 11.1 Å². The van der Waals surface area contributed by atoms with Gasteiger partial charge in [-0.05, 0) is 43.4 Å². The Kier molecular flexibility index (Phi) is 5.68. The van der Waals surface area contributed by atoms with Gasteiger partial charge >= 0.3 is 0 Å². The minimum absolute atomic E-state index is 0.223. The Balaban J connectivity index is 1.66. The summed E-state index contributed by atoms with van der Waals surface area (Å²) >= 11 is 0. The van der Waals surface area contributed by atoms with E-state index >= 15 is 0 Å². The van der Waals surface area contributed by atoms with Gasteiger partial charge in [-0.2, -0.15) is 0 Å². The Labute approximate surface area is 117 Å². The van der Waals surface area contributed by atoms with Crippen LogP contribution >= 0.6 is 0 Å². The molecule has 3 N–H and O–H groups in total. The summed E-state index contributed by atoms with van der Waals surface area (Å²) in [6.07, 6.45) is 10.6. The first-order chi connectivity index (χ1) is 9.15. The van der Waals surface area contributed by atoms with Gasteiger partial charge in [-0.3, -0.25) is 4.79 Å². The van der Waals surface area contributed by atoms with E-state index in [2.05, 4.69) is 12.2 Å². The summed E-state index contributed by atoms with van der Waals surface area (Å²) in [4.78, 5) is 12.0. The fraction of sp³-hybridized carbons (Fsp3) is 0.938. The van der Waals surface area contributed by atoms with Gasteiger partial charge in [0, 0.05) is 19.0 Å². The summed E-state index contributed by atoms with van der Waals surface area (Å²) in [6, 6.07) is 0.245. The molecule has 110 valence electrons. The maximum atomic E-state index is 12.0. The molecule has 1 amide bonds. The lowest BCUT2D eigenvalue weighted by Crippen LogP contribution is -2.38. The number of hydrogen-bond donors (Lipinski definition) is 2. The lowest BCUT2D eigenvalue weighted by molar-refractivity contribution is -0.122. The average molecular weight is 266 g/mol.